The van der Waals surface area contributed by atoms with E-state index in [1.54, 1.807) is 0 Å². The molecule has 1 aromatic rings. The second-order valence-electron chi connectivity index (χ2n) is 7.52. The molecule has 0 saturated heterocycles. The molecule has 0 aromatic heterocycles. The lowest BCUT2D eigenvalue weighted by molar-refractivity contribution is -0.0226. The fraction of sp³-hybridized carbons (Fsp3) is 0.667. The quantitative estimate of drug-likeness (QED) is 0.729. The zero-order valence-electron chi connectivity index (χ0n) is 12.5. The van der Waals surface area contributed by atoms with E-state index in [0.29, 0.717) is 23.5 Å². The third kappa shape index (κ3) is 1.86. The van der Waals surface area contributed by atoms with Crippen molar-refractivity contribution in [3.63, 3.8) is 0 Å². The predicted octanol–water partition coefficient (Wildman–Crippen LogP) is 4.37. The molecule has 0 heterocycles. The molecular formula is C18H23BrO2. The minimum Gasteiger partial charge on any atom is -0.507 e. The first kappa shape index (κ1) is 14.1. The highest BCUT2D eigenvalue weighted by molar-refractivity contribution is 9.10. The van der Waals surface area contributed by atoms with Gasteiger partial charge in [0.05, 0.1) is 10.6 Å². The van der Waals surface area contributed by atoms with E-state index in [2.05, 4.69) is 28.9 Å². The van der Waals surface area contributed by atoms with Crippen molar-refractivity contribution in [1.29, 1.82) is 0 Å². The van der Waals surface area contributed by atoms with E-state index in [9.17, 15) is 10.2 Å². The van der Waals surface area contributed by atoms with Gasteiger partial charge in [0, 0.05) is 0 Å². The van der Waals surface area contributed by atoms with Crippen LogP contribution in [0.25, 0.3) is 0 Å². The summed E-state index contributed by atoms with van der Waals surface area (Å²) in [5.41, 5.74) is 2.91. The van der Waals surface area contributed by atoms with Gasteiger partial charge in [0.2, 0.25) is 0 Å². The van der Waals surface area contributed by atoms with Crippen LogP contribution in [0, 0.1) is 17.3 Å². The SMILES string of the molecule is C[C@]12CC[C@@H]3c4ccc(O)c(Br)c4CC[C@H]3[C@H]1CC[C@@H]2O. The van der Waals surface area contributed by atoms with E-state index in [0.717, 1.165) is 23.7 Å². The van der Waals surface area contributed by atoms with Crippen LogP contribution >= 0.6 is 15.9 Å². The van der Waals surface area contributed by atoms with Gasteiger partial charge in [-0.15, -0.1) is 0 Å². The summed E-state index contributed by atoms with van der Waals surface area (Å²) in [6, 6.07) is 3.98. The van der Waals surface area contributed by atoms with Crippen LogP contribution < -0.4 is 0 Å². The second kappa shape index (κ2) is 4.73. The Morgan fingerprint density at radius 3 is 2.81 bits per heavy atom. The molecule has 0 aliphatic heterocycles. The van der Waals surface area contributed by atoms with Crippen LogP contribution in [-0.2, 0) is 6.42 Å². The average molecular weight is 351 g/mol. The minimum absolute atomic E-state index is 0.101. The predicted molar refractivity (Wildman–Crippen MR) is 86.4 cm³/mol. The monoisotopic (exact) mass is 350 g/mol. The highest BCUT2D eigenvalue weighted by Crippen LogP contribution is 2.61. The Morgan fingerprint density at radius 2 is 2.00 bits per heavy atom. The van der Waals surface area contributed by atoms with Gasteiger partial charge in [0.25, 0.3) is 0 Å². The summed E-state index contributed by atoms with van der Waals surface area (Å²) < 4.78 is 0.901. The number of rotatable bonds is 0. The Bertz CT molecular complexity index is 585. The lowest BCUT2D eigenvalue weighted by Gasteiger charge is -2.50. The van der Waals surface area contributed by atoms with Crippen LogP contribution in [0.1, 0.15) is 56.1 Å². The van der Waals surface area contributed by atoms with Crippen molar-refractivity contribution in [2.24, 2.45) is 17.3 Å². The van der Waals surface area contributed by atoms with Crippen LogP contribution in [0.2, 0.25) is 0 Å². The molecule has 2 nitrogen and oxygen atoms in total. The first-order chi connectivity index (χ1) is 10.0. The van der Waals surface area contributed by atoms with E-state index < -0.39 is 0 Å². The van der Waals surface area contributed by atoms with E-state index in [1.165, 1.54) is 30.4 Å². The molecule has 114 valence electrons. The number of aromatic hydroxyl groups is 1. The Labute approximate surface area is 134 Å². The maximum atomic E-state index is 10.4. The molecule has 2 fully saturated rings. The summed E-state index contributed by atoms with van der Waals surface area (Å²) in [5.74, 6) is 2.37. The molecule has 1 aromatic carbocycles. The second-order valence-corrected chi connectivity index (χ2v) is 8.31. The number of aliphatic hydroxyl groups excluding tert-OH is 1. The first-order valence-corrected chi connectivity index (χ1v) is 9.00. The highest BCUT2D eigenvalue weighted by atomic mass is 79.9. The number of phenolic OH excluding ortho intramolecular Hbond substituents is 1. The third-order valence-electron chi connectivity index (χ3n) is 6.77. The van der Waals surface area contributed by atoms with Crippen LogP contribution in [0.5, 0.6) is 5.75 Å². The Balaban J connectivity index is 1.74. The number of aliphatic hydroxyl groups is 1. The van der Waals surface area contributed by atoms with Crippen molar-refractivity contribution < 1.29 is 10.2 Å². The van der Waals surface area contributed by atoms with E-state index in [4.69, 9.17) is 0 Å². The molecular weight excluding hydrogens is 328 g/mol. The minimum atomic E-state index is -0.101. The molecule has 0 amide bonds. The fourth-order valence-electron chi connectivity index (χ4n) is 5.58. The largest absolute Gasteiger partial charge is 0.507 e. The van der Waals surface area contributed by atoms with Gasteiger partial charge in [-0.2, -0.15) is 0 Å². The molecule has 3 heteroatoms. The number of fused-ring (bicyclic) bond motifs is 5. The summed E-state index contributed by atoms with van der Waals surface area (Å²) in [6.07, 6.45) is 6.64. The van der Waals surface area contributed by atoms with Gasteiger partial charge in [-0.25, -0.2) is 0 Å². The topological polar surface area (TPSA) is 40.5 Å². The third-order valence-corrected chi connectivity index (χ3v) is 7.66. The first-order valence-electron chi connectivity index (χ1n) is 8.20. The van der Waals surface area contributed by atoms with Crippen molar-refractivity contribution >= 4 is 15.9 Å². The average Bonchev–Trinajstić information content (AvgIpc) is 2.78. The maximum Gasteiger partial charge on any atom is 0.130 e. The molecule has 5 atom stereocenters. The molecule has 21 heavy (non-hydrogen) atoms. The molecule has 0 unspecified atom stereocenters. The van der Waals surface area contributed by atoms with Gasteiger partial charge < -0.3 is 10.2 Å². The Kier molecular flexibility index (Phi) is 3.17. The lowest BCUT2D eigenvalue weighted by atomic mass is 9.55. The van der Waals surface area contributed by atoms with Gasteiger partial charge in [-0.05, 0) is 94.8 Å². The molecule has 3 aliphatic carbocycles. The fourth-order valence-corrected chi connectivity index (χ4v) is 6.14. The summed E-state index contributed by atoms with van der Waals surface area (Å²) in [6.45, 7) is 2.31. The number of phenols is 1. The van der Waals surface area contributed by atoms with Crippen LogP contribution in [0.15, 0.2) is 16.6 Å². The van der Waals surface area contributed by atoms with Gasteiger partial charge >= 0.3 is 0 Å². The van der Waals surface area contributed by atoms with Crippen molar-refractivity contribution in [3.05, 3.63) is 27.7 Å². The van der Waals surface area contributed by atoms with Gasteiger partial charge in [-0.1, -0.05) is 13.0 Å². The van der Waals surface area contributed by atoms with Crippen LogP contribution in [-0.4, -0.2) is 16.3 Å². The zero-order valence-corrected chi connectivity index (χ0v) is 14.1. The van der Waals surface area contributed by atoms with E-state index in [-0.39, 0.29) is 11.5 Å². The highest BCUT2D eigenvalue weighted by Gasteiger charge is 2.54. The maximum absolute atomic E-state index is 10.4. The number of halogens is 1. The van der Waals surface area contributed by atoms with E-state index >= 15 is 0 Å². The standard InChI is InChI=1S/C18H23BrO2/c1-18-9-8-11-10-4-6-15(20)17(19)13(10)3-2-12(11)14(18)5-7-16(18)21/h4,6,11-12,14,16,20-21H,2-3,5,7-9H2,1H3/t11-,12-,14-,16+,18+/m1/s1. The molecule has 3 aliphatic rings. The summed E-state index contributed by atoms with van der Waals surface area (Å²) in [5, 5.41) is 20.3. The molecule has 0 radical (unpaired) electrons. The van der Waals surface area contributed by atoms with Crippen LogP contribution in [0.3, 0.4) is 0 Å². The van der Waals surface area contributed by atoms with Crippen molar-refractivity contribution in [3.8, 4) is 5.75 Å². The Hall–Kier alpha value is -0.540. The van der Waals surface area contributed by atoms with Gasteiger partial charge in [-0.3, -0.25) is 0 Å². The normalized spacial score (nSPS) is 41.3. The molecule has 2 N–H and O–H groups in total. The number of benzene rings is 1. The van der Waals surface area contributed by atoms with Crippen molar-refractivity contribution in [2.45, 2.75) is 57.5 Å². The summed E-state index contributed by atoms with van der Waals surface area (Å²) in [4.78, 5) is 0. The zero-order chi connectivity index (χ0) is 14.8. The lowest BCUT2D eigenvalue weighted by Crippen LogP contribution is -2.43. The van der Waals surface area contributed by atoms with Crippen molar-refractivity contribution in [1.82, 2.24) is 0 Å². The molecule has 2 saturated carbocycles. The Morgan fingerprint density at radius 1 is 1.19 bits per heavy atom. The van der Waals surface area contributed by atoms with E-state index in [1.807, 2.05) is 6.07 Å². The smallest absolute Gasteiger partial charge is 0.130 e. The van der Waals surface area contributed by atoms with Gasteiger partial charge in [0.1, 0.15) is 5.75 Å². The van der Waals surface area contributed by atoms with Gasteiger partial charge in [0.15, 0.2) is 0 Å². The summed E-state index contributed by atoms with van der Waals surface area (Å²) in [7, 11) is 0. The van der Waals surface area contributed by atoms with Crippen LogP contribution in [0.4, 0.5) is 0 Å². The molecule has 4 rings (SSSR count). The number of hydrogen-bond donors (Lipinski definition) is 2. The number of hydrogen-bond acceptors (Lipinski definition) is 2. The molecule has 0 spiro atoms. The molecule has 0 bridgehead atoms. The van der Waals surface area contributed by atoms with Crippen molar-refractivity contribution in [2.75, 3.05) is 0 Å². The summed E-state index contributed by atoms with van der Waals surface area (Å²) >= 11 is 3.57.